The van der Waals surface area contributed by atoms with Crippen molar-refractivity contribution in [3.05, 3.63) is 71.2 Å². The summed E-state index contributed by atoms with van der Waals surface area (Å²) < 4.78 is 24.0. The van der Waals surface area contributed by atoms with Crippen molar-refractivity contribution in [3.8, 4) is 11.8 Å². The van der Waals surface area contributed by atoms with Crippen LogP contribution in [0.25, 0.3) is 6.08 Å². The lowest BCUT2D eigenvalue weighted by Crippen LogP contribution is -2.07. The van der Waals surface area contributed by atoms with Crippen molar-refractivity contribution in [3.63, 3.8) is 0 Å². The average molecular weight is 322 g/mol. The van der Waals surface area contributed by atoms with E-state index in [1.54, 1.807) is 36.4 Å². The minimum atomic E-state index is -0.656. The average Bonchev–Trinajstić information content (AvgIpc) is 2.94. The lowest BCUT2D eigenvalue weighted by molar-refractivity contribution is -0.129. The molecule has 0 N–H and O–H groups in total. The van der Waals surface area contributed by atoms with E-state index in [4.69, 9.17) is 14.7 Å². The van der Waals surface area contributed by atoms with Crippen molar-refractivity contribution < 1.29 is 18.7 Å². The first kappa shape index (κ1) is 15.4. The van der Waals surface area contributed by atoms with Gasteiger partial charge in [0.1, 0.15) is 17.6 Å². The minimum Gasteiger partial charge on any atom is -0.479 e. The molecule has 1 aliphatic rings. The third-order valence-corrected chi connectivity index (χ3v) is 3.19. The van der Waals surface area contributed by atoms with E-state index in [1.165, 1.54) is 18.2 Å². The quantitative estimate of drug-likeness (QED) is 0.640. The van der Waals surface area contributed by atoms with Crippen LogP contribution in [0.4, 0.5) is 4.39 Å². The zero-order valence-electron chi connectivity index (χ0n) is 12.4. The lowest BCUT2D eigenvalue weighted by atomic mass is 10.2. The highest BCUT2D eigenvalue weighted by atomic mass is 19.1. The van der Waals surface area contributed by atoms with Crippen LogP contribution in [0.2, 0.25) is 0 Å². The second-order valence-electron chi connectivity index (χ2n) is 4.84. The number of cyclic esters (lactones) is 1. The van der Waals surface area contributed by atoms with Crippen molar-refractivity contribution in [2.24, 2.45) is 4.99 Å². The predicted octanol–water partition coefficient (Wildman–Crippen LogP) is 3.07. The normalized spacial score (nSPS) is 14.9. The number of nitrogens with zero attached hydrogens (tertiary/aromatic N) is 2. The van der Waals surface area contributed by atoms with Gasteiger partial charge in [0.2, 0.25) is 5.90 Å². The van der Waals surface area contributed by atoms with Gasteiger partial charge in [-0.15, -0.1) is 0 Å². The molecule has 0 fully saturated rings. The number of ether oxygens (including phenoxy) is 2. The van der Waals surface area contributed by atoms with E-state index in [1.807, 2.05) is 6.07 Å². The van der Waals surface area contributed by atoms with Gasteiger partial charge in [0.05, 0.1) is 5.56 Å². The lowest BCUT2D eigenvalue weighted by Gasteiger charge is -2.02. The summed E-state index contributed by atoms with van der Waals surface area (Å²) in [4.78, 5) is 16.0. The molecule has 0 aliphatic carbocycles. The van der Waals surface area contributed by atoms with Gasteiger partial charge >= 0.3 is 5.97 Å². The van der Waals surface area contributed by atoms with Gasteiger partial charge in [-0.05, 0) is 35.9 Å². The van der Waals surface area contributed by atoms with Gasteiger partial charge in [-0.1, -0.05) is 24.3 Å². The van der Waals surface area contributed by atoms with Crippen LogP contribution < -0.4 is 4.74 Å². The number of hydrogen-bond donors (Lipinski definition) is 0. The van der Waals surface area contributed by atoms with Gasteiger partial charge in [-0.2, -0.15) is 5.26 Å². The maximum atomic E-state index is 13.8. The molecule has 24 heavy (non-hydrogen) atoms. The summed E-state index contributed by atoms with van der Waals surface area (Å²) in [5.74, 6) is -0.745. The Hall–Kier alpha value is -3.46. The Morgan fingerprint density at radius 2 is 2.08 bits per heavy atom. The van der Waals surface area contributed by atoms with E-state index >= 15 is 0 Å². The van der Waals surface area contributed by atoms with E-state index in [-0.39, 0.29) is 23.8 Å². The summed E-state index contributed by atoms with van der Waals surface area (Å²) in [7, 11) is 0. The van der Waals surface area contributed by atoms with Crippen LogP contribution in [-0.2, 0) is 9.53 Å². The molecule has 5 nitrogen and oxygen atoms in total. The molecule has 0 amide bonds. The third kappa shape index (κ3) is 3.31. The molecule has 3 rings (SSSR count). The molecule has 0 unspecified atom stereocenters. The van der Waals surface area contributed by atoms with E-state index in [0.29, 0.717) is 11.3 Å². The Morgan fingerprint density at radius 3 is 2.88 bits per heavy atom. The van der Waals surface area contributed by atoms with E-state index in [2.05, 4.69) is 4.99 Å². The van der Waals surface area contributed by atoms with Crippen LogP contribution in [0.15, 0.2) is 59.2 Å². The Bertz CT molecular complexity index is 897. The Balaban J connectivity index is 1.89. The highest BCUT2D eigenvalue weighted by Crippen LogP contribution is 2.22. The molecular weight excluding hydrogens is 311 g/mol. The van der Waals surface area contributed by atoms with Crippen LogP contribution in [0.1, 0.15) is 11.1 Å². The summed E-state index contributed by atoms with van der Waals surface area (Å²) in [5, 5.41) is 8.52. The van der Waals surface area contributed by atoms with E-state index in [9.17, 15) is 9.18 Å². The fourth-order valence-electron chi connectivity index (χ4n) is 2.13. The molecule has 0 saturated carbocycles. The number of aliphatic imine (C=N–C) groups is 1. The van der Waals surface area contributed by atoms with Crippen LogP contribution >= 0.6 is 0 Å². The van der Waals surface area contributed by atoms with Gasteiger partial charge in [-0.25, -0.2) is 14.2 Å². The number of benzene rings is 2. The number of hydrogen-bond acceptors (Lipinski definition) is 5. The molecule has 0 bridgehead atoms. The fraction of sp³-hybridized carbons (Fsp3) is 0.0556. The van der Waals surface area contributed by atoms with Crippen LogP contribution in [-0.4, -0.2) is 18.5 Å². The molecule has 0 saturated heterocycles. The first-order valence-electron chi connectivity index (χ1n) is 7.04. The fourth-order valence-corrected chi connectivity index (χ4v) is 2.13. The summed E-state index contributed by atoms with van der Waals surface area (Å²) in [5.41, 5.74) is 0.835. The molecule has 118 valence electrons. The SMILES string of the molecule is N#CCOc1cccc(/C=C2/N=C(c3ccccc3F)OC2=O)c1. The number of rotatable bonds is 4. The van der Waals surface area contributed by atoms with Crippen molar-refractivity contribution in [2.45, 2.75) is 0 Å². The summed E-state index contributed by atoms with van der Waals surface area (Å²) in [6.07, 6.45) is 1.51. The number of carbonyl (C=O) groups is 1. The van der Waals surface area contributed by atoms with Crippen LogP contribution in [0.3, 0.4) is 0 Å². The molecule has 6 heteroatoms. The molecule has 0 aromatic heterocycles. The summed E-state index contributed by atoms with van der Waals surface area (Å²) in [6.45, 7) is -0.0718. The van der Waals surface area contributed by atoms with Gasteiger partial charge in [0, 0.05) is 0 Å². The molecule has 1 aliphatic heterocycles. The predicted molar refractivity (Wildman–Crippen MR) is 84.6 cm³/mol. The van der Waals surface area contributed by atoms with Crippen molar-refractivity contribution in [1.29, 1.82) is 5.26 Å². The number of carbonyl (C=O) groups excluding carboxylic acids is 1. The highest BCUT2D eigenvalue weighted by molar-refractivity contribution is 6.12. The first-order chi connectivity index (χ1) is 11.7. The maximum Gasteiger partial charge on any atom is 0.363 e. The molecule has 1 heterocycles. The minimum absolute atomic E-state index is 0.0608. The van der Waals surface area contributed by atoms with Gasteiger partial charge in [0.15, 0.2) is 12.3 Å². The smallest absolute Gasteiger partial charge is 0.363 e. The molecular formula is C18H11FN2O3. The topological polar surface area (TPSA) is 71.7 Å². The number of nitriles is 1. The molecule has 2 aromatic rings. The number of halogens is 1. The van der Waals surface area contributed by atoms with Gasteiger partial charge in [0.25, 0.3) is 0 Å². The third-order valence-electron chi connectivity index (χ3n) is 3.19. The molecule has 0 radical (unpaired) electrons. The van der Waals surface area contributed by atoms with Crippen molar-refractivity contribution in [2.75, 3.05) is 6.61 Å². The zero-order chi connectivity index (χ0) is 16.9. The van der Waals surface area contributed by atoms with Crippen LogP contribution in [0.5, 0.6) is 5.75 Å². The Labute approximate surface area is 137 Å². The van der Waals surface area contributed by atoms with Crippen molar-refractivity contribution in [1.82, 2.24) is 0 Å². The zero-order valence-corrected chi connectivity index (χ0v) is 12.4. The highest BCUT2D eigenvalue weighted by Gasteiger charge is 2.25. The van der Waals surface area contributed by atoms with Crippen LogP contribution in [0, 0.1) is 17.1 Å². The molecule has 0 spiro atoms. The Kier molecular flexibility index (Phi) is 4.34. The van der Waals surface area contributed by atoms with Crippen molar-refractivity contribution >= 4 is 17.9 Å². The van der Waals surface area contributed by atoms with E-state index < -0.39 is 11.8 Å². The maximum absolute atomic E-state index is 13.8. The van der Waals surface area contributed by atoms with Gasteiger partial charge in [-0.3, -0.25) is 0 Å². The largest absolute Gasteiger partial charge is 0.479 e. The molecule has 2 aromatic carbocycles. The monoisotopic (exact) mass is 322 g/mol. The number of esters is 1. The first-order valence-corrected chi connectivity index (χ1v) is 7.04. The Morgan fingerprint density at radius 1 is 1.25 bits per heavy atom. The van der Waals surface area contributed by atoms with Gasteiger partial charge < -0.3 is 9.47 Å². The second kappa shape index (κ2) is 6.75. The standard InChI is InChI=1S/C18H11FN2O3/c19-15-7-2-1-6-14(15)17-21-16(18(22)24-17)11-12-4-3-5-13(10-12)23-9-8-20/h1-7,10-11H,9H2/b16-11+. The summed E-state index contributed by atoms with van der Waals surface area (Å²) in [6, 6.07) is 14.6. The van der Waals surface area contributed by atoms with E-state index in [0.717, 1.165) is 0 Å². The molecule has 0 atom stereocenters. The summed E-state index contributed by atoms with van der Waals surface area (Å²) >= 11 is 0. The second-order valence-corrected chi connectivity index (χ2v) is 4.84.